The Morgan fingerprint density at radius 3 is 2.93 bits per heavy atom. The van der Waals surface area contributed by atoms with E-state index in [4.69, 9.17) is 0 Å². The normalized spacial score (nSPS) is 36.5. The summed E-state index contributed by atoms with van der Waals surface area (Å²) >= 11 is 0. The molecule has 2 rings (SSSR count). The Bertz CT molecular complexity index is 242. The first kappa shape index (κ1) is 11.1. The molecule has 3 unspecified atom stereocenters. The highest BCUT2D eigenvalue weighted by Gasteiger charge is 2.42. The molecule has 2 saturated heterocycles. The van der Waals surface area contributed by atoms with Crippen LogP contribution < -0.4 is 0 Å². The number of carbonyl (C=O) groups excluding carboxylic acids is 1. The van der Waals surface area contributed by atoms with Gasteiger partial charge in [-0.15, -0.1) is 0 Å². The van der Waals surface area contributed by atoms with Crippen molar-refractivity contribution in [2.24, 2.45) is 5.92 Å². The molecule has 0 radical (unpaired) electrons. The van der Waals surface area contributed by atoms with E-state index in [1.165, 1.54) is 6.42 Å². The van der Waals surface area contributed by atoms with Crippen LogP contribution in [0.4, 0.5) is 0 Å². The van der Waals surface area contributed by atoms with Gasteiger partial charge in [0.05, 0.1) is 12.0 Å². The van der Waals surface area contributed by atoms with Crippen LogP contribution >= 0.6 is 0 Å². The average Bonchev–Trinajstić information content (AvgIpc) is 2.65. The standard InChI is InChI=1S/C12H21NO2/c1-2-4-10(14)12-9-5-3-7-13(9)8-6-11(12)15/h9,11-12,15H,2-8H2,1H3. The van der Waals surface area contributed by atoms with Gasteiger partial charge in [-0.3, -0.25) is 9.69 Å². The number of Topliss-reactive ketones (excluding diaryl/α,β-unsaturated/α-hetero) is 1. The monoisotopic (exact) mass is 211 g/mol. The minimum Gasteiger partial charge on any atom is -0.392 e. The van der Waals surface area contributed by atoms with Gasteiger partial charge >= 0.3 is 0 Å². The molecule has 0 aromatic heterocycles. The maximum atomic E-state index is 12.0. The summed E-state index contributed by atoms with van der Waals surface area (Å²) < 4.78 is 0. The Balaban J connectivity index is 2.08. The first-order chi connectivity index (χ1) is 7.24. The van der Waals surface area contributed by atoms with Crippen molar-refractivity contribution in [1.82, 2.24) is 4.90 Å². The Morgan fingerprint density at radius 1 is 1.40 bits per heavy atom. The van der Waals surface area contributed by atoms with E-state index in [2.05, 4.69) is 4.90 Å². The third-order valence-electron chi connectivity index (χ3n) is 3.82. The fourth-order valence-electron chi connectivity index (χ4n) is 3.11. The maximum absolute atomic E-state index is 12.0. The highest BCUT2D eigenvalue weighted by atomic mass is 16.3. The molecule has 0 spiro atoms. The molecule has 0 amide bonds. The second kappa shape index (κ2) is 4.62. The lowest BCUT2D eigenvalue weighted by molar-refractivity contribution is -0.132. The maximum Gasteiger partial charge on any atom is 0.140 e. The number of rotatable bonds is 3. The Hall–Kier alpha value is -0.410. The Labute approximate surface area is 91.5 Å². The number of nitrogens with zero attached hydrogens (tertiary/aromatic N) is 1. The summed E-state index contributed by atoms with van der Waals surface area (Å²) in [7, 11) is 0. The summed E-state index contributed by atoms with van der Waals surface area (Å²) in [6.45, 7) is 4.12. The van der Waals surface area contributed by atoms with Crippen molar-refractivity contribution in [3.63, 3.8) is 0 Å². The van der Waals surface area contributed by atoms with Crippen LogP contribution in [0.15, 0.2) is 0 Å². The number of piperidine rings is 1. The second-order valence-corrected chi connectivity index (χ2v) is 4.84. The quantitative estimate of drug-likeness (QED) is 0.762. The third kappa shape index (κ3) is 2.08. The highest BCUT2D eigenvalue weighted by molar-refractivity contribution is 5.82. The molecular weight excluding hydrogens is 190 g/mol. The van der Waals surface area contributed by atoms with Gasteiger partial charge in [-0.05, 0) is 32.2 Å². The zero-order valence-corrected chi connectivity index (χ0v) is 9.48. The predicted octanol–water partition coefficient (Wildman–Crippen LogP) is 1.20. The number of fused-ring (bicyclic) bond motifs is 1. The molecule has 2 aliphatic heterocycles. The molecular formula is C12H21NO2. The van der Waals surface area contributed by atoms with Gasteiger partial charge in [-0.2, -0.15) is 0 Å². The lowest BCUT2D eigenvalue weighted by atomic mass is 9.82. The van der Waals surface area contributed by atoms with Crippen LogP contribution in [-0.4, -0.2) is 41.0 Å². The molecule has 3 atom stereocenters. The number of hydrogen-bond acceptors (Lipinski definition) is 3. The Kier molecular flexibility index (Phi) is 3.42. The van der Waals surface area contributed by atoms with Crippen molar-refractivity contribution >= 4 is 5.78 Å². The molecule has 2 fully saturated rings. The average molecular weight is 211 g/mol. The van der Waals surface area contributed by atoms with E-state index in [1.807, 2.05) is 6.92 Å². The van der Waals surface area contributed by atoms with E-state index in [-0.39, 0.29) is 17.8 Å². The van der Waals surface area contributed by atoms with Crippen LogP contribution in [0.2, 0.25) is 0 Å². The van der Waals surface area contributed by atoms with E-state index >= 15 is 0 Å². The van der Waals surface area contributed by atoms with Crippen LogP contribution in [0.5, 0.6) is 0 Å². The fourth-order valence-corrected chi connectivity index (χ4v) is 3.11. The van der Waals surface area contributed by atoms with Gasteiger partial charge in [0, 0.05) is 19.0 Å². The molecule has 15 heavy (non-hydrogen) atoms. The summed E-state index contributed by atoms with van der Waals surface area (Å²) in [6.07, 6.45) is 4.20. The van der Waals surface area contributed by atoms with Gasteiger partial charge in [0.2, 0.25) is 0 Å². The van der Waals surface area contributed by atoms with E-state index in [9.17, 15) is 9.90 Å². The van der Waals surface area contributed by atoms with Crippen LogP contribution in [0.25, 0.3) is 0 Å². The topological polar surface area (TPSA) is 40.5 Å². The SMILES string of the molecule is CCCC(=O)C1C(O)CCN2CCCC12. The molecule has 0 bridgehead atoms. The van der Waals surface area contributed by atoms with Crippen molar-refractivity contribution in [3.05, 3.63) is 0 Å². The number of aliphatic hydroxyl groups is 1. The van der Waals surface area contributed by atoms with Crippen molar-refractivity contribution in [2.45, 2.75) is 51.2 Å². The lowest BCUT2D eigenvalue weighted by Gasteiger charge is -2.39. The van der Waals surface area contributed by atoms with Crippen molar-refractivity contribution in [2.75, 3.05) is 13.1 Å². The molecule has 0 aliphatic carbocycles. The summed E-state index contributed by atoms with van der Waals surface area (Å²) in [5.74, 6) is 0.183. The summed E-state index contributed by atoms with van der Waals surface area (Å²) in [5.41, 5.74) is 0. The molecule has 1 N–H and O–H groups in total. The molecule has 86 valence electrons. The van der Waals surface area contributed by atoms with E-state index in [1.54, 1.807) is 0 Å². The fraction of sp³-hybridized carbons (Fsp3) is 0.917. The van der Waals surface area contributed by atoms with Gasteiger partial charge < -0.3 is 5.11 Å². The summed E-state index contributed by atoms with van der Waals surface area (Å²) in [4.78, 5) is 14.4. The molecule has 3 heteroatoms. The highest BCUT2D eigenvalue weighted by Crippen LogP contribution is 2.33. The second-order valence-electron chi connectivity index (χ2n) is 4.84. The third-order valence-corrected chi connectivity index (χ3v) is 3.82. The van der Waals surface area contributed by atoms with Crippen LogP contribution in [-0.2, 0) is 4.79 Å². The molecule has 3 nitrogen and oxygen atoms in total. The van der Waals surface area contributed by atoms with Gasteiger partial charge in [0.15, 0.2) is 0 Å². The first-order valence-electron chi connectivity index (χ1n) is 6.19. The van der Waals surface area contributed by atoms with E-state index in [0.29, 0.717) is 12.5 Å². The van der Waals surface area contributed by atoms with Crippen molar-refractivity contribution in [1.29, 1.82) is 0 Å². The molecule has 0 aromatic carbocycles. The van der Waals surface area contributed by atoms with Crippen LogP contribution in [0.3, 0.4) is 0 Å². The molecule has 2 aliphatic rings. The smallest absolute Gasteiger partial charge is 0.140 e. The predicted molar refractivity (Wildman–Crippen MR) is 58.6 cm³/mol. The minimum absolute atomic E-state index is 0.0961. The number of aliphatic hydroxyl groups excluding tert-OH is 1. The summed E-state index contributed by atoms with van der Waals surface area (Å²) in [6, 6.07) is 0.341. The van der Waals surface area contributed by atoms with E-state index in [0.717, 1.165) is 32.4 Å². The number of carbonyl (C=O) groups is 1. The molecule has 0 aromatic rings. The van der Waals surface area contributed by atoms with Crippen molar-refractivity contribution < 1.29 is 9.90 Å². The summed E-state index contributed by atoms with van der Waals surface area (Å²) in [5, 5.41) is 9.97. The van der Waals surface area contributed by atoms with Gasteiger partial charge in [-0.1, -0.05) is 6.92 Å². The largest absolute Gasteiger partial charge is 0.392 e. The first-order valence-corrected chi connectivity index (χ1v) is 6.19. The lowest BCUT2D eigenvalue weighted by Crippen LogP contribution is -2.51. The van der Waals surface area contributed by atoms with Gasteiger partial charge in [-0.25, -0.2) is 0 Å². The van der Waals surface area contributed by atoms with Crippen molar-refractivity contribution in [3.8, 4) is 0 Å². The Morgan fingerprint density at radius 2 is 2.20 bits per heavy atom. The minimum atomic E-state index is -0.386. The zero-order chi connectivity index (χ0) is 10.8. The molecule has 0 saturated carbocycles. The van der Waals surface area contributed by atoms with Gasteiger partial charge in [0.25, 0.3) is 0 Å². The zero-order valence-electron chi connectivity index (χ0n) is 9.48. The molecule has 2 heterocycles. The van der Waals surface area contributed by atoms with Crippen LogP contribution in [0, 0.1) is 5.92 Å². The van der Waals surface area contributed by atoms with Gasteiger partial charge in [0.1, 0.15) is 5.78 Å². The van der Waals surface area contributed by atoms with Crippen LogP contribution in [0.1, 0.15) is 39.0 Å². The van der Waals surface area contributed by atoms with E-state index < -0.39 is 0 Å². The number of hydrogen-bond donors (Lipinski definition) is 1. The number of ketones is 1.